The van der Waals surface area contributed by atoms with Gasteiger partial charge in [0.25, 0.3) is 5.91 Å². The van der Waals surface area contributed by atoms with E-state index in [1.807, 2.05) is 60.5 Å². The van der Waals surface area contributed by atoms with Crippen LogP contribution in [0.2, 0.25) is 0 Å². The van der Waals surface area contributed by atoms with Crippen LogP contribution in [-0.2, 0) is 11.2 Å². The fourth-order valence-corrected chi connectivity index (χ4v) is 6.15. The van der Waals surface area contributed by atoms with E-state index in [2.05, 4.69) is 31.0 Å². The van der Waals surface area contributed by atoms with Crippen LogP contribution in [0.25, 0.3) is 5.52 Å². The van der Waals surface area contributed by atoms with E-state index in [-0.39, 0.29) is 23.1 Å². The summed E-state index contributed by atoms with van der Waals surface area (Å²) in [4.78, 5) is 40.2. The Hall–Kier alpha value is -3.79. The van der Waals surface area contributed by atoms with Gasteiger partial charge in [-0.25, -0.2) is 14.5 Å². The maximum atomic E-state index is 14.0. The van der Waals surface area contributed by atoms with E-state index in [0.29, 0.717) is 50.4 Å². The number of methoxy groups -OCH3 is 1. The summed E-state index contributed by atoms with van der Waals surface area (Å²) in [6, 6.07) is 13.6. The van der Waals surface area contributed by atoms with E-state index in [4.69, 9.17) is 4.74 Å². The molecule has 2 fully saturated rings. The fraction of sp³-hybridized carbons (Fsp3) is 0.345. The van der Waals surface area contributed by atoms with Crippen molar-refractivity contribution in [2.24, 2.45) is 11.3 Å². The molecule has 1 unspecified atom stereocenters. The normalized spacial score (nSPS) is 18.7. The van der Waals surface area contributed by atoms with Crippen molar-refractivity contribution < 1.29 is 14.3 Å². The van der Waals surface area contributed by atoms with Crippen LogP contribution in [0.1, 0.15) is 34.5 Å². The van der Waals surface area contributed by atoms with Crippen molar-refractivity contribution in [1.29, 1.82) is 0 Å². The van der Waals surface area contributed by atoms with Crippen molar-refractivity contribution in [2.75, 3.05) is 31.6 Å². The first kappa shape index (κ1) is 25.5. The molecule has 9 nitrogen and oxygen atoms in total. The number of likely N-dealkylation sites (tertiary alicyclic amines) is 1. The molecule has 3 aromatic heterocycles. The quantitative estimate of drug-likeness (QED) is 0.344. The molecule has 2 amide bonds. The van der Waals surface area contributed by atoms with E-state index in [0.717, 1.165) is 27.0 Å². The second kappa shape index (κ2) is 10.1. The number of amides is 2. The Morgan fingerprint density at radius 3 is 2.74 bits per heavy atom. The summed E-state index contributed by atoms with van der Waals surface area (Å²) in [6.07, 6.45) is 7.19. The largest absolute Gasteiger partial charge is 0.497 e. The lowest BCUT2D eigenvalue weighted by atomic mass is 9.68. The number of piperidine rings is 1. The van der Waals surface area contributed by atoms with E-state index in [9.17, 15) is 9.59 Å². The average Bonchev–Trinajstić information content (AvgIpc) is 3.50. The van der Waals surface area contributed by atoms with Gasteiger partial charge < -0.3 is 9.64 Å². The minimum atomic E-state index is -0.303. The number of hydrogen-bond acceptors (Lipinski definition) is 6. The number of pyridine rings is 1. The first-order valence-corrected chi connectivity index (χ1v) is 13.8. The number of nitrogens with zero attached hydrogens (tertiary/aromatic N) is 6. The van der Waals surface area contributed by atoms with Crippen LogP contribution in [0, 0.1) is 18.3 Å². The number of ether oxygens (including phenoxy) is 1. The summed E-state index contributed by atoms with van der Waals surface area (Å²) >= 11 is 3.46. The minimum Gasteiger partial charge on any atom is -0.497 e. The molecule has 200 valence electrons. The van der Waals surface area contributed by atoms with Gasteiger partial charge in [0.15, 0.2) is 0 Å². The van der Waals surface area contributed by atoms with Crippen LogP contribution < -0.4 is 9.64 Å². The number of benzene rings is 1. The van der Waals surface area contributed by atoms with Gasteiger partial charge >= 0.3 is 0 Å². The fourth-order valence-electron chi connectivity index (χ4n) is 5.96. The lowest BCUT2D eigenvalue weighted by Gasteiger charge is -2.41. The van der Waals surface area contributed by atoms with Crippen molar-refractivity contribution in [1.82, 2.24) is 24.5 Å². The zero-order valence-corrected chi connectivity index (χ0v) is 23.5. The predicted octanol–water partition coefficient (Wildman–Crippen LogP) is 4.33. The summed E-state index contributed by atoms with van der Waals surface area (Å²) < 4.78 is 7.96. The molecule has 2 saturated heterocycles. The van der Waals surface area contributed by atoms with Gasteiger partial charge in [-0.2, -0.15) is 5.10 Å². The maximum Gasteiger partial charge on any atom is 0.257 e. The summed E-state index contributed by atoms with van der Waals surface area (Å²) in [5, 5.41) is 4.34. The number of carbonyl (C=O) groups excluding carboxylic acids is 2. The van der Waals surface area contributed by atoms with Crippen molar-refractivity contribution in [3.63, 3.8) is 0 Å². The molecule has 2 aliphatic heterocycles. The number of halogens is 1. The van der Waals surface area contributed by atoms with Crippen molar-refractivity contribution in [2.45, 2.75) is 26.2 Å². The SMILES string of the molecule is COc1cccc(CC2C(=O)N(c3ncc(Br)c(C)n3)CC23CCN(C(=O)c2cnn4ccccc24)CC3)c1. The van der Waals surface area contributed by atoms with Gasteiger partial charge in [-0.05, 0) is 71.9 Å². The van der Waals surface area contributed by atoms with Crippen LogP contribution >= 0.6 is 15.9 Å². The molecule has 6 rings (SSSR count). The number of hydrogen-bond donors (Lipinski definition) is 0. The molecule has 0 N–H and O–H groups in total. The number of anilines is 1. The first-order chi connectivity index (χ1) is 18.9. The van der Waals surface area contributed by atoms with Gasteiger partial charge in [-0.3, -0.25) is 14.5 Å². The second-order valence-electron chi connectivity index (χ2n) is 10.4. The van der Waals surface area contributed by atoms with Gasteiger partial charge in [0.05, 0.1) is 40.5 Å². The third-order valence-electron chi connectivity index (χ3n) is 8.20. The number of carbonyl (C=O) groups is 2. The van der Waals surface area contributed by atoms with Gasteiger partial charge in [-0.1, -0.05) is 18.2 Å². The third-order valence-corrected chi connectivity index (χ3v) is 8.98. The molecular weight excluding hydrogens is 560 g/mol. The number of aromatic nitrogens is 4. The minimum absolute atomic E-state index is 0.0246. The lowest BCUT2D eigenvalue weighted by Crippen LogP contribution is -2.47. The van der Waals surface area contributed by atoms with Crippen LogP contribution in [0.15, 0.2) is 65.5 Å². The van der Waals surface area contributed by atoms with E-state index in [1.165, 1.54) is 0 Å². The van der Waals surface area contributed by atoms with Crippen molar-refractivity contribution in [3.05, 3.63) is 82.3 Å². The summed E-state index contributed by atoms with van der Waals surface area (Å²) in [5.41, 5.74) is 2.92. The molecule has 1 atom stereocenters. The van der Waals surface area contributed by atoms with E-state index in [1.54, 1.807) is 28.9 Å². The molecule has 5 heterocycles. The molecule has 4 aromatic rings. The molecular formula is C29H29BrN6O3. The average molecular weight is 589 g/mol. The van der Waals surface area contributed by atoms with Gasteiger partial charge in [-0.15, -0.1) is 0 Å². The topological polar surface area (TPSA) is 92.9 Å². The number of rotatable bonds is 5. The first-order valence-electron chi connectivity index (χ1n) is 13.0. The summed E-state index contributed by atoms with van der Waals surface area (Å²) in [6.45, 7) is 3.56. The molecule has 0 radical (unpaired) electrons. The zero-order valence-electron chi connectivity index (χ0n) is 21.9. The highest BCUT2D eigenvalue weighted by Crippen LogP contribution is 2.48. The molecule has 1 aromatic carbocycles. The van der Waals surface area contributed by atoms with Crippen LogP contribution in [0.4, 0.5) is 5.95 Å². The van der Waals surface area contributed by atoms with Crippen LogP contribution in [0.5, 0.6) is 5.75 Å². The highest BCUT2D eigenvalue weighted by molar-refractivity contribution is 9.10. The highest BCUT2D eigenvalue weighted by atomic mass is 79.9. The van der Waals surface area contributed by atoms with Crippen LogP contribution in [0.3, 0.4) is 0 Å². The lowest BCUT2D eigenvalue weighted by molar-refractivity contribution is -0.122. The van der Waals surface area contributed by atoms with E-state index >= 15 is 0 Å². The predicted molar refractivity (Wildman–Crippen MR) is 150 cm³/mol. The Labute approximate surface area is 234 Å². The smallest absolute Gasteiger partial charge is 0.257 e. The Kier molecular flexibility index (Phi) is 6.58. The second-order valence-corrected chi connectivity index (χ2v) is 11.2. The molecule has 2 aliphatic rings. The summed E-state index contributed by atoms with van der Waals surface area (Å²) in [5.74, 6) is 0.944. The maximum absolute atomic E-state index is 14.0. The monoisotopic (exact) mass is 588 g/mol. The van der Waals surface area contributed by atoms with Gasteiger partial charge in [0.1, 0.15) is 5.75 Å². The standard InChI is InChI=1S/C29H29BrN6O3/c1-19-24(30)17-31-28(33-19)35-18-29(23(27(35)38)15-20-6-5-7-21(14-20)39-2)9-12-34(13-10-29)26(37)22-16-32-36-11-4-3-8-25(22)36/h3-8,11,14,16-17,23H,9-10,12-13,15,18H2,1-2H3. The Morgan fingerprint density at radius 2 is 1.97 bits per heavy atom. The van der Waals surface area contributed by atoms with Gasteiger partial charge in [0, 0.05) is 37.4 Å². The number of aryl methyl sites for hydroxylation is 1. The molecule has 39 heavy (non-hydrogen) atoms. The van der Waals surface area contributed by atoms with E-state index < -0.39 is 0 Å². The molecule has 0 aliphatic carbocycles. The van der Waals surface area contributed by atoms with Crippen molar-refractivity contribution >= 4 is 39.2 Å². The molecule has 0 bridgehead atoms. The highest BCUT2D eigenvalue weighted by Gasteiger charge is 2.54. The van der Waals surface area contributed by atoms with Gasteiger partial charge in [0.2, 0.25) is 11.9 Å². The Morgan fingerprint density at radius 1 is 1.15 bits per heavy atom. The Bertz CT molecular complexity index is 1560. The van der Waals surface area contributed by atoms with Crippen LogP contribution in [-0.4, -0.2) is 63.0 Å². The van der Waals surface area contributed by atoms with Crippen molar-refractivity contribution in [3.8, 4) is 5.75 Å². The molecule has 0 saturated carbocycles. The summed E-state index contributed by atoms with van der Waals surface area (Å²) in [7, 11) is 1.65. The third kappa shape index (κ3) is 4.56. The zero-order chi connectivity index (χ0) is 27.1. The molecule has 10 heteroatoms. The molecule has 1 spiro atoms. The number of fused-ring (bicyclic) bond motifs is 1. The Balaban J connectivity index is 1.28.